The van der Waals surface area contributed by atoms with Crippen LogP contribution in [0, 0.1) is 17.1 Å². The fourth-order valence-corrected chi connectivity index (χ4v) is 5.89. The summed E-state index contributed by atoms with van der Waals surface area (Å²) >= 11 is 7.55. The van der Waals surface area contributed by atoms with Crippen LogP contribution in [0.3, 0.4) is 0 Å². The molecule has 0 aliphatic carbocycles. The lowest BCUT2D eigenvalue weighted by Crippen LogP contribution is -2.40. The molecule has 0 amide bonds. The van der Waals surface area contributed by atoms with Gasteiger partial charge in [0.2, 0.25) is 0 Å². The Morgan fingerprint density at radius 1 is 1.19 bits per heavy atom. The Labute approximate surface area is 248 Å². The molecule has 0 saturated carbocycles. The largest absolute Gasteiger partial charge is 0.493 e. The van der Waals surface area contributed by atoms with Gasteiger partial charge in [0.1, 0.15) is 11.9 Å². The maximum absolute atomic E-state index is 14.0. The number of carbonyl (C=O) groups excluding carboxylic acids is 1. The highest BCUT2D eigenvalue weighted by atomic mass is 35.5. The number of nitriles is 1. The average molecular weight is 604 g/mol. The zero-order chi connectivity index (χ0) is 29.8. The van der Waals surface area contributed by atoms with Crippen LogP contribution < -0.4 is 24.4 Å². The number of methoxy groups -OCH3 is 1. The summed E-state index contributed by atoms with van der Waals surface area (Å²) in [4.78, 5) is 32.6. The van der Waals surface area contributed by atoms with E-state index in [1.54, 1.807) is 25.1 Å². The van der Waals surface area contributed by atoms with Gasteiger partial charge in [-0.3, -0.25) is 9.36 Å². The second kappa shape index (κ2) is 12.4. The Bertz CT molecular complexity index is 1910. The van der Waals surface area contributed by atoms with E-state index in [0.717, 1.165) is 11.3 Å². The quantitative estimate of drug-likeness (QED) is 0.272. The van der Waals surface area contributed by atoms with Crippen LogP contribution in [0.1, 0.15) is 29.7 Å². The third-order valence-electron chi connectivity index (χ3n) is 6.39. The van der Waals surface area contributed by atoms with Crippen LogP contribution in [0.2, 0.25) is 5.02 Å². The summed E-state index contributed by atoms with van der Waals surface area (Å²) in [7, 11) is 1.44. The number of nitrogens with zero attached hydrogens (tertiary/aromatic N) is 3. The van der Waals surface area contributed by atoms with Crippen LogP contribution in [-0.4, -0.2) is 30.9 Å². The molecule has 0 spiro atoms. The Hall–Kier alpha value is -4.72. The smallest absolute Gasteiger partial charge is 0.338 e. The van der Waals surface area contributed by atoms with Gasteiger partial charge < -0.3 is 14.2 Å². The van der Waals surface area contributed by atoms with Gasteiger partial charge in [0.05, 0.1) is 40.6 Å². The first-order valence-electron chi connectivity index (χ1n) is 12.8. The highest BCUT2D eigenvalue weighted by Gasteiger charge is 2.35. The van der Waals surface area contributed by atoms with Gasteiger partial charge in [-0.1, -0.05) is 65.4 Å². The molecule has 1 aromatic heterocycles. The van der Waals surface area contributed by atoms with E-state index in [9.17, 15) is 14.0 Å². The number of benzene rings is 3. The Kier molecular flexibility index (Phi) is 8.52. The summed E-state index contributed by atoms with van der Waals surface area (Å²) in [6, 6.07) is 18.9. The molecule has 11 heteroatoms. The van der Waals surface area contributed by atoms with Crippen molar-refractivity contribution >= 4 is 40.7 Å². The number of rotatable bonds is 8. The topological polar surface area (TPSA) is 103 Å². The fourth-order valence-electron chi connectivity index (χ4n) is 4.62. The molecule has 8 nitrogen and oxygen atoms in total. The first kappa shape index (κ1) is 28.8. The summed E-state index contributed by atoms with van der Waals surface area (Å²) < 4.78 is 31.9. The molecule has 0 unspecified atom stereocenters. The van der Waals surface area contributed by atoms with Crippen molar-refractivity contribution in [3.8, 4) is 17.6 Å². The zero-order valence-corrected chi connectivity index (χ0v) is 24.0. The lowest BCUT2D eigenvalue weighted by atomic mass is 9.93. The molecule has 5 rings (SSSR count). The molecule has 4 aromatic rings. The predicted molar refractivity (Wildman–Crippen MR) is 157 cm³/mol. The van der Waals surface area contributed by atoms with Crippen LogP contribution in [0.25, 0.3) is 11.8 Å². The molecule has 42 heavy (non-hydrogen) atoms. The van der Waals surface area contributed by atoms with Crippen molar-refractivity contribution in [2.24, 2.45) is 4.99 Å². The minimum atomic E-state index is -0.932. The molecule has 0 saturated heterocycles. The van der Waals surface area contributed by atoms with Crippen molar-refractivity contribution in [1.82, 2.24) is 4.57 Å². The van der Waals surface area contributed by atoms with Crippen molar-refractivity contribution < 1.29 is 23.4 Å². The van der Waals surface area contributed by atoms with E-state index in [0.29, 0.717) is 31.7 Å². The highest BCUT2D eigenvalue weighted by Crippen LogP contribution is 2.37. The SMILES string of the molecule is CCOC(=O)C1=C(c2ccccc2)N=c2s/c(=C\c3cc(Cl)c(OCC#N)c(OC)c3)c(=O)n2[C@H]1c1ccc(F)cc1. The molecule has 212 valence electrons. The normalized spacial score (nSPS) is 14.5. The van der Waals surface area contributed by atoms with E-state index < -0.39 is 23.4 Å². The third-order valence-corrected chi connectivity index (χ3v) is 7.65. The fraction of sp³-hybridized carbons (Fsp3) is 0.161. The maximum Gasteiger partial charge on any atom is 0.338 e. The summed E-state index contributed by atoms with van der Waals surface area (Å²) in [6.45, 7) is 1.59. The molecule has 2 heterocycles. The third kappa shape index (κ3) is 5.57. The number of halogens is 2. The van der Waals surface area contributed by atoms with Gasteiger partial charge in [-0.15, -0.1) is 0 Å². The number of esters is 1. The molecule has 0 radical (unpaired) electrons. The number of thiazole rings is 1. The van der Waals surface area contributed by atoms with Crippen molar-refractivity contribution in [3.63, 3.8) is 0 Å². The van der Waals surface area contributed by atoms with Gasteiger partial charge in [0.15, 0.2) is 22.9 Å². The number of fused-ring (bicyclic) bond motifs is 1. The molecule has 1 aliphatic rings. The highest BCUT2D eigenvalue weighted by molar-refractivity contribution is 7.07. The van der Waals surface area contributed by atoms with Crippen molar-refractivity contribution in [1.29, 1.82) is 5.26 Å². The monoisotopic (exact) mass is 603 g/mol. The first-order chi connectivity index (χ1) is 20.4. The van der Waals surface area contributed by atoms with Crippen LogP contribution in [0.15, 0.2) is 82.1 Å². The number of hydrogen-bond acceptors (Lipinski definition) is 8. The number of ether oxygens (including phenoxy) is 3. The van der Waals surface area contributed by atoms with Crippen LogP contribution in [0.4, 0.5) is 4.39 Å². The minimum Gasteiger partial charge on any atom is -0.493 e. The maximum atomic E-state index is 14.0. The number of hydrogen-bond donors (Lipinski definition) is 0. The van der Waals surface area contributed by atoms with E-state index >= 15 is 0 Å². The summed E-state index contributed by atoms with van der Waals surface area (Å²) in [5.41, 5.74) is 1.82. The van der Waals surface area contributed by atoms with Gasteiger partial charge in [-0.05, 0) is 48.4 Å². The first-order valence-corrected chi connectivity index (χ1v) is 14.0. The van der Waals surface area contributed by atoms with Gasteiger partial charge in [-0.25, -0.2) is 14.2 Å². The van der Waals surface area contributed by atoms with Crippen molar-refractivity contribution in [2.45, 2.75) is 13.0 Å². The lowest BCUT2D eigenvalue weighted by Gasteiger charge is -2.25. The number of carbonyl (C=O) groups is 1. The molecule has 0 bridgehead atoms. The molecule has 1 atom stereocenters. The van der Waals surface area contributed by atoms with E-state index in [4.69, 9.17) is 36.1 Å². The molecule has 0 fully saturated rings. The molecular weight excluding hydrogens is 581 g/mol. The van der Waals surface area contributed by atoms with Gasteiger partial charge in [0.25, 0.3) is 5.56 Å². The Morgan fingerprint density at radius 3 is 2.60 bits per heavy atom. The summed E-state index contributed by atoms with van der Waals surface area (Å²) in [5, 5.41) is 9.07. The van der Waals surface area contributed by atoms with E-state index in [1.807, 2.05) is 36.4 Å². The van der Waals surface area contributed by atoms with E-state index in [-0.39, 0.29) is 35.3 Å². The van der Waals surface area contributed by atoms with Gasteiger partial charge in [0, 0.05) is 5.56 Å². The van der Waals surface area contributed by atoms with E-state index in [1.165, 1.54) is 35.9 Å². The summed E-state index contributed by atoms with van der Waals surface area (Å²) in [5.74, 6) is -0.587. The van der Waals surface area contributed by atoms with Crippen molar-refractivity contribution in [2.75, 3.05) is 20.3 Å². The van der Waals surface area contributed by atoms with Crippen LogP contribution in [0.5, 0.6) is 11.5 Å². The lowest BCUT2D eigenvalue weighted by molar-refractivity contribution is -0.138. The van der Waals surface area contributed by atoms with Gasteiger partial charge >= 0.3 is 5.97 Å². The Morgan fingerprint density at radius 2 is 1.93 bits per heavy atom. The minimum absolute atomic E-state index is 0.113. The molecular formula is C31H23ClFN3O5S. The Balaban J connectivity index is 1.77. The second-order valence-electron chi connectivity index (χ2n) is 8.96. The molecule has 3 aromatic carbocycles. The average Bonchev–Trinajstić information content (AvgIpc) is 3.30. The summed E-state index contributed by atoms with van der Waals surface area (Å²) in [6.07, 6.45) is 1.63. The second-order valence-corrected chi connectivity index (χ2v) is 10.4. The standard InChI is InChI=1S/C31H23ClFN3O5S/c1-3-40-30(38)25-26(19-7-5-4-6-8-19)35-31-36(27(25)20-9-11-21(33)12-10-20)29(37)24(42-31)17-18-15-22(32)28(41-14-13-34)23(16-18)39-2/h4-12,15-17,27H,3,14H2,1-2H3/b24-17-/t27-/m0/s1. The van der Waals surface area contributed by atoms with Crippen LogP contribution >= 0.6 is 22.9 Å². The predicted octanol–water partition coefficient (Wildman–Crippen LogP) is 4.64. The van der Waals surface area contributed by atoms with Gasteiger partial charge in [-0.2, -0.15) is 5.26 Å². The van der Waals surface area contributed by atoms with Crippen molar-refractivity contribution in [3.05, 3.63) is 120 Å². The molecule has 1 aliphatic heterocycles. The van der Waals surface area contributed by atoms with Crippen LogP contribution in [-0.2, 0) is 9.53 Å². The molecule has 0 N–H and O–H groups in total. The number of aromatic nitrogens is 1. The zero-order valence-electron chi connectivity index (χ0n) is 22.5. The van der Waals surface area contributed by atoms with E-state index in [2.05, 4.69) is 0 Å².